The second kappa shape index (κ2) is 5.93. The first-order valence-corrected chi connectivity index (χ1v) is 6.12. The first-order chi connectivity index (χ1) is 8.27. The molecule has 5 heteroatoms. The average molecular weight is 252 g/mol. The number of nitrogens with two attached hydrogens (primary N) is 1. The average Bonchev–Trinajstić information content (AvgIpc) is 2.38. The lowest BCUT2D eigenvalue weighted by molar-refractivity contribution is 0.0497. The zero-order chi connectivity index (χ0) is 12.1. The highest BCUT2D eigenvalue weighted by Gasteiger charge is 2.15. The van der Waals surface area contributed by atoms with E-state index < -0.39 is 0 Å². The van der Waals surface area contributed by atoms with E-state index in [0.717, 1.165) is 31.6 Å². The number of nitrogens with zero attached hydrogens (tertiary/aromatic N) is 1. The van der Waals surface area contributed by atoms with Gasteiger partial charge in [0.15, 0.2) is 0 Å². The standard InChI is InChI=1S/C12H16N2O2S/c13-12(17)10-1-4-14-7-11(10)16-8-9-2-5-15-6-3-9/h1,4,7,9H,2-3,5-6,8H2,(H2,13,17). The normalized spacial score (nSPS) is 16.7. The Labute approximate surface area is 106 Å². The highest BCUT2D eigenvalue weighted by atomic mass is 32.1. The molecule has 4 nitrogen and oxygen atoms in total. The molecular weight excluding hydrogens is 236 g/mol. The smallest absolute Gasteiger partial charge is 0.147 e. The van der Waals surface area contributed by atoms with Crippen LogP contribution in [0.3, 0.4) is 0 Å². The molecule has 0 aromatic carbocycles. The van der Waals surface area contributed by atoms with E-state index in [4.69, 9.17) is 27.4 Å². The van der Waals surface area contributed by atoms with Gasteiger partial charge in [-0.2, -0.15) is 0 Å². The molecule has 1 fully saturated rings. The van der Waals surface area contributed by atoms with Gasteiger partial charge in [-0.05, 0) is 24.8 Å². The van der Waals surface area contributed by atoms with Crippen LogP contribution in [0.2, 0.25) is 0 Å². The molecule has 0 radical (unpaired) electrons. The van der Waals surface area contributed by atoms with Crippen molar-refractivity contribution in [2.75, 3.05) is 19.8 Å². The second-order valence-corrected chi connectivity index (χ2v) is 4.54. The second-order valence-electron chi connectivity index (χ2n) is 4.10. The molecule has 0 aliphatic carbocycles. The van der Waals surface area contributed by atoms with Crippen LogP contribution in [0.1, 0.15) is 18.4 Å². The van der Waals surface area contributed by atoms with Crippen molar-refractivity contribution in [1.29, 1.82) is 0 Å². The highest BCUT2D eigenvalue weighted by molar-refractivity contribution is 7.80. The van der Waals surface area contributed by atoms with Crippen molar-refractivity contribution in [3.8, 4) is 5.75 Å². The third-order valence-corrected chi connectivity index (χ3v) is 3.09. The van der Waals surface area contributed by atoms with Crippen molar-refractivity contribution in [3.05, 3.63) is 24.0 Å². The van der Waals surface area contributed by atoms with Crippen molar-refractivity contribution in [2.45, 2.75) is 12.8 Å². The van der Waals surface area contributed by atoms with Crippen molar-refractivity contribution >= 4 is 17.2 Å². The molecule has 0 unspecified atom stereocenters. The van der Waals surface area contributed by atoms with Crippen LogP contribution in [0, 0.1) is 5.92 Å². The van der Waals surface area contributed by atoms with Gasteiger partial charge >= 0.3 is 0 Å². The van der Waals surface area contributed by atoms with Crippen LogP contribution in [-0.4, -0.2) is 29.8 Å². The number of pyridine rings is 1. The van der Waals surface area contributed by atoms with Gasteiger partial charge in [-0.1, -0.05) is 12.2 Å². The van der Waals surface area contributed by atoms with Crippen molar-refractivity contribution in [3.63, 3.8) is 0 Å². The molecule has 0 amide bonds. The Morgan fingerprint density at radius 2 is 2.29 bits per heavy atom. The van der Waals surface area contributed by atoms with Gasteiger partial charge < -0.3 is 15.2 Å². The van der Waals surface area contributed by atoms with Crippen molar-refractivity contribution < 1.29 is 9.47 Å². The Bertz CT molecular complexity index is 392. The molecule has 2 rings (SSSR count). The SMILES string of the molecule is NC(=S)c1ccncc1OCC1CCOCC1. The van der Waals surface area contributed by atoms with Gasteiger partial charge in [0, 0.05) is 19.4 Å². The summed E-state index contributed by atoms with van der Waals surface area (Å²) in [6, 6.07) is 1.78. The number of thiocarbonyl (C=S) groups is 1. The minimum absolute atomic E-state index is 0.342. The molecule has 92 valence electrons. The lowest BCUT2D eigenvalue weighted by Crippen LogP contribution is -2.22. The lowest BCUT2D eigenvalue weighted by Gasteiger charge is -2.22. The molecule has 0 atom stereocenters. The first-order valence-electron chi connectivity index (χ1n) is 5.71. The summed E-state index contributed by atoms with van der Waals surface area (Å²) in [6.45, 7) is 2.32. The maximum absolute atomic E-state index is 5.75. The van der Waals surface area contributed by atoms with Gasteiger partial charge in [0.1, 0.15) is 10.7 Å². The molecule has 0 saturated carbocycles. The van der Waals surface area contributed by atoms with E-state index >= 15 is 0 Å². The number of aromatic nitrogens is 1. The number of hydrogen-bond acceptors (Lipinski definition) is 4. The van der Waals surface area contributed by atoms with E-state index in [-0.39, 0.29) is 0 Å². The molecule has 1 aliphatic rings. The molecule has 1 saturated heterocycles. The van der Waals surface area contributed by atoms with Crippen molar-refractivity contribution in [2.24, 2.45) is 11.7 Å². The summed E-state index contributed by atoms with van der Waals surface area (Å²) in [7, 11) is 0. The van der Waals surface area contributed by atoms with Gasteiger partial charge in [-0.3, -0.25) is 4.98 Å². The van der Waals surface area contributed by atoms with Crippen LogP contribution in [-0.2, 0) is 4.74 Å². The number of rotatable bonds is 4. The number of ether oxygens (including phenoxy) is 2. The molecule has 0 spiro atoms. The molecule has 1 aromatic heterocycles. The van der Waals surface area contributed by atoms with E-state index in [1.807, 2.05) is 0 Å². The zero-order valence-electron chi connectivity index (χ0n) is 9.59. The van der Waals surface area contributed by atoms with Crippen LogP contribution >= 0.6 is 12.2 Å². The largest absolute Gasteiger partial charge is 0.491 e. The topological polar surface area (TPSA) is 57.4 Å². The fraction of sp³-hybridized carbons (Fsp3) is 0.500. The summed E-state index contributed by atoms with van der Waals surface area (Å²) in [4.78, 5) is 4.37. The third kappa shape index (κ3) is 3.38. The summed E-state index contributed by atoms with van der Waals surface area (Å²) in [5.74, 6) is 1.22. The van der Waals surface area contributed by atoms with Crippen LogP contribution in [0.25, 0.3) is 0 Å². The predicted molar refractivity (Wildman–Crippen MR) is 69.2 cm³/mol. The zero-order valence-corrected chi connectivity index (χ0v) is 10.4. The fourth-order valence-corrected chi connectivity index (χ4v) is 1.99. The fourth-order valence-electron chi connectivity index (χ4n) is 1.82. The molecule has 2 N–H and O–H groups in total. The van der Waals surface area contributed by atoms with Gasteiger partial charge in [0.25, 0.3) is 0 Å². The predicted octanol–water partition coefficient (Wildman–Crippen LogP) is 1.52. The maximum Gasteiger partial charge on any atom is 0.147 e. The molecule has 2 heterocycles. The van der Waals surface area contributed by atoms with Crippen LogP contribution in [0.5, 0.6) is 5.75 Å². The molecule has 0 bridgehead atoms. The Kier molecular flexibility index (Phi) is 4.28. The van der Waals surface area contributed by atoms with E-state index in [0.29, 0.717) is 23.3 Å². The van der Waals surface area contributed by atoms with E-state index in [2.05, 4.69) is 4.98 Å². The van der Waals surface area contributed by atoms with Crippen LogP contribution in [0.4, 0.5) is 0 Å². The first kappa shape index (κ1) is 12.3. The quantitative estimate of drug-likeness (QED) is 0.823. The Hall–Kier alpha value is -1.20. The summed E-state index contributed by atoms with van der Waals surface area (Å²) in [5, 5.41) is 0. The summed E-state index contributed by atoms with van der Waals surface area (Å²) < 4.78 is 11.1. The molecular formula is C12H16N2O2S. The lowest BCUT2D eigenvalue weighted by atomic mass is 10.0. The van der Waals surface area contributed by atoms with Gasteiger partial charge in [-0.25, -0.2) is 0 Å². The molecule has 1 aliphatic heterocycles. The van der Waals surface area contributed by atoms with Crippen molar-refractivity contribution in [1.82, 2.24) is 4.98 Å². The van der Waals surface area contributed by atoms with E-state index in [1.54, 1.807) is 18.5 Å². The third-order valence-electron chi connectivity index (χ3n) is 2.87. The summed E-state index contributed by atoms with van der Waals surface area (Å²) in [5.41, 5.74) is 6.38. The van der Waals surface area contributed by atoms with E-state index in [9.17, 15) is 0 Å². The van der Waals surface area contributed by atoms with Crippen LogP contribution in [0.15, 0.2) is 18.5 Å². The monoisotopic (exact) mass is 252 g/mol. The minimum atomic E-state index is 0.342. The minimum Gasteiger partial charge on any atom is -0.491 e. The Balaban J connectivity index is 1.96. The highest BCUT2D eigenvalue weighted by Crippen LogP contribution is 2.20. The van der Waals surface area contributed by atoms with Gasteiger partial charge in [0.05, 0.1) is 18.4 Å². The Morgan fingerprint density at radius 3 is 3.00 bits per heavy atom. The van der Waals surface area contributed by atoms with Gasteiger partial charge in [0.2, 0.25) is 0 Å². The molecule has 17 heavy (non-hydrogen) atoms. The maximum atomic E-state index is 5.75. The summed E-state index contributed by atoms with van der Waals surface area (Å²) >= 11 is 4.97. The summed E-state index contributed by atoms with van der Waals surface area (Å²) in [6.07, 6.45) is 5.41. The Morgan fingerprint density at radius 1 is 1.53 bits per heavy atom. The molecule has 1 aromatic rings. The van der Waals surface area contributed by atoms with Gasteiger partial charge in [-0.15, -0.1) is 0 Å². The van der Waals surface area contributed by atoms with E-state index in [1.165, 1.54) is 0 Å². The number of hydrogen-bond donors (Lipinski definition) is 1. The van der Waals surface area contributed by atoms with Crippen LogP contribution < -0.4 is 10.5 Å².